The van der Waals surface area contributed by atoms with Crippen LogP contribution in [0.15, 0.2) is 29.0 Å². The average molecular weight is 314 g/mol. The smallest absolute Gasteiger partial charge is 0.138 e. The van der Waals surface area contributed by atoms with Gasteiger partial charge in [0.2, 0.25) is 0 Å². The summed E-state index contributed by atoms with van der Waals surface area (Å²) in [4.78, 5) is 4.09. The van der Waals surface area contributed by atoms with Crippen molar-refractivity contribution >= 4 is 15.9 Å². The lowest BCUT2D eigenvalue weighted by Crippen LogP contribution is -2.10. The molecule has 0 aliphatic rings. The van der Waals surface area contributed by atoms with Crippen LogP contribution in [-0.4, -0.2) is 19.9 Å². The first-order valence-corrected chi connectivity index (χ1v) is 6.40. The third kappa shape index (κ3) is 2.76. The highest BCUT2D eigenvalue weighted by molar-refractivity contribution is 9.10. The van der Waals surface area contributed by atoms with Gasteiger partial charge in [-0.25, -0.2) is 9.37 Å². The zero-order chi connectivity index (χ0) is 13.1. The molecule has 6 heteroatoms. The van der Waals surface area contributed by atoms with Crippen LogP contribution in [0, 0.1) is 5.82 Å². The van der Waals surface area contributed by atoms with E-state index in [0.29, 0.717) is 28.8 Å². The molecule has 0 saturated heterocycles. The summed E-state index contributed by atoms with van der Waals surface area (Å²) >= 11 is 3.30. The first-order chi connectivity index (χ1) is 8.61. The van der Waals surface area contributed by atoms with Crippen molar-refractivity contribution in [2.45, 2.75) is 26.0 Å². The van der Waals surface area contributed by atoms with Gasteiger partial charge in [0.15, 0.2) is 0 Å². The molecule has 1 unspecified atom stereocenters. The van der Waals surface area contributed by atoms with E-state index in [1.54, 1.807) is 10.7 Å². The van der Waals surface area contributed by atoms with Crippen molar-refractivity contribution in [2.24, 2.45) is 0 Å². The summed E-state index contributed by atoms with van der Waals surface area (Å²) in [5.41, 5.74) is 0.514. The molecule has 4 nitrogen and oxygen atoms in total. The van der Waals surface area contributed by atoms with Gasteiger partial charge in [0.1, 0.15) is 18.0 Å². The molecule has 0 fully saturated rings. The number of halogens is 2. The number of aryl methyl sites for hydroxylation is 1. The molecule has 1 aromatic carbocycles. The first-order valence-electron chi connectivity index (χ1n) is 5.61. The van der Waals surface area contributed by atoms with Gasteiger partial charge < -0.3 is 5.11 Å². The number of aromatic nitrogens is 3. The van der Waals surface area contributed by atoms with E-state index in [0.717, 1.165) is 0 Å². The second-order valence-corrected chi connectivity index (χ2v) is 4.73. The van der Waals surface area contributed by atoms with Crippen molar-refractivity contribution in [3.8, 4) is 0 Å². The number of benzene rings is 1. The fourth-order valence-electron chi connectivity index (χ4n) is 1.76. The summed E-state index contributed by atoms with van der Waals surface area (Å²) in [7, 11) is 0. The highest BCUT2D eigenvalue weighted by atomic mass is 79.9. The summed E-state index contributed by atoms with van der Waals surface area (Å²) in [6.45, 7) is 2.63. The molecule has 1 heterocycles. The Morgan fingerprint density at radius 1 is 1.50 bits per heavy atom. The third-order valence-electron chi connectivity index (χ3n) is 2.69. The van der Waals surface area contributed by atoms with E-state index in [1.165, 1.54) is 18.5 Å². The van der Waals surface area contributed by atoms with Gasteiger partial charge in [-0.05, 0) is 30.7 Å². The van der Waals surface area contributed by atoms with Gasteiger partial charge in [0.25, 0.3) is 0 Å². The minimum Gasteiger partial charge on any atom is -0.388 e. The van der Waals surface area contributed by atoms with Crippen LogP contribution in [0.25, 0.3) is 0 Å². The van der Waals surface area contributed by atoms with Crippen LogP contribution in [0.4, 0.5) is 4.39 Å². The maximum absolute atomic E-state index is 13.2. The molecular weight excluding hydrogens is 301 g/mol. The number of aliphatic hydroxyl groups excluding tert-OH is 1. The molecule has 0 saturated carbocycles. The van der Waals surface area contributed by atoms with E-state index in [4.69, 9.17) is 0 Å². The molecule has 2 aromatic rings. The van der Waals surface area contributed by atoms with Crippen LogP contribution in [-0.2, 0) is 13.0 Å². The van der Waals surface area contributed by atoms with E-state index in [9.17, 15) is 9.50 Å². The molecule has 0 spiro atoms. The molecule has 96 valence electrons. The summed E-state index contributed by atoms with van der Waals surface area (Å²) in [6.07, 6.45) is 0.937. The van der Waals surface area contributed by atoms with Gasteiger partial charge >= 0.3 is 0 Å². The molecule has 18 heavy (non-hydrogen) atoms. The largest absolute Gasteiger partial charge is 0.388 e. The fraction of sp³-hybridized carbons (Fsp3) is 0.333. The first kappa shape index (κ1) is 13.2. The van der Waals surface area contributed by atoms with Crippen LogP contribution in [0.1, 0.15) is 24.4 Å². The van der Waals surface area contributed by atoms with Crippen molar-refractivity contribution in [3.05, 3.63) is 46.2 Å². The average Bonchev–Trinajstić information content (AvgIpc) is 2.79. The van der Waals surface area contributed by atoms with E-state index in [1.807, 2.05) is 6.92 Å². The summed E-state index contributed by atoms with van der Waals surface area (Å²) in [6, 6.07) is 4.24. The Morgan fingerprint density at radius 2 is 2.28 bits per heavy atom. The Morgan fingerprint density at radius 3 is 3.00 bits per heavy atom. The highest BCUT2D eigenvalue weighted by Crippen LogP contribution is 2.26. The quantitative estimate of drug-likeness (QED) is 0.943. The van der Waals surface area contributed by atoms with Crippen molar-refractivity contribution in [2.75, 3.05) is 0 Å². The SMILES string of the molecule is CCn1ncnc1CC(O)c1cc(F)ccc1Br. The van der Waals surface area contributed by atoms with Gasteiger partial charge in [-0.1, -0.05) is 15.9 Å². The van der Waals surface area contributed by atoms with Crippen LogP contribution >= 0.6 is 15.9 Å². The van der Waals surface area contributed by atoms with Gasteiger partial charge in [-0.15, -0.1) is 0 Å². The van der Waals surface area contributed by atoms with E-state index in [-0.39, 0.29) is 5.82 Å². The van der Waals surface area contributed by atoms with Gasteiger partial charge in [-0.3, -0.25) is 4.68 Å². The van der Waals surface area contributed by atoms with Crippen molar-refractivity contribution in [1.82, 2.24) is 14.8 Å². The normalized spacial score (nSPS) is 12.7. The molecule has 1 atom stereocenters. The lowest BCUT2D eigenvalue weighted by Gasteiger charge is -2.13. The van der Waals surface area contributed by atoms with Gasteiger partial charge in [0, 0.05) is 17.4 Å². The van der Waals surface area contributed by atoms with E-state index in [2.05, 4.69) is 26.0 Å². The van der Waals surface area contributed by atoms with Crippen LogP contribution in [0.3, 0.4) is 0 Å². The van der Waals surface area contributed by atoms with Crippen LogP contribution in [0.2, 0.25) is 0 Å². The molecule has 0 aliphatic heterocycles. The molecule has 2 rings (SSSR count). The van der Waals surface area contributed by atoms with Crippen LogP contribution < -0.4 is 0 Å². The number of hydrogen-bond acceptors (Lipinski definition) is 3. The van der Waals surface area contributed by atoms with Crippen LogP contribution in [0.5, 0.6) is 0 Å². The molecule has 1 aromatic heterocycles. The number of aliphatic hydroxyl groups is 1. The lowest BCUT2D eigenvalue weighted by atomic mass is 10.1. The summed E-state index contributed by atoms with van der Waals surface area (Å²) in [5.74, 6) is 0.311. The predicted octanol–water partition coefficient (Wildman–Crippen LogP) is 2.48. The fourth-order valence-corrected chi connectivity index (χ4v) is 2.27. The third-order valence-corrected chi connectivity index (χ3v) is 3.41. The number of nitrogens with zero attached hydrogens (tertiary/aromatic N) is 3. The Hall–Kier alpha value is -1.27. The number of rotatable bonds is 4. The van der Waals surface area contributed by atoms with Crippen molar-refractivity contribution in [3.63, 3.8) is 0 Å². The summed E-state index contributed by atoms with van der Waals surface area (Å²) in [5, 5.41) is 14.2. The standard InChI is InChI=1S/C12H13BrFN3O/c1-2-17-12(15-7-16-17)6-11(18)9-5-8(14)3-4-10(9)13/h3-5,7,11,18H,2,6H2,1H3. The van der Waals surface area contributed by atoms with Crippen molar-refractivity contribution < 1.29 is 9.50 Å². The van der Waals surface area contributed by atoms with Crippen molar-refractivity contribution in [1.29, 1.82) is 0 Å². The van der Waals surface area contributed by atoms with E-state index < -0.39 is 6.10 Å². The maximum Gasteiger partial charge on any atom is 0.138 e. The van der Waals surface area contributed by atoms with Gasteiger partial charge in [-0.2, -0.15) is 5.10 Å². The topological polar surface area (TPSA) is 50.9 Å². The lowest BCUT2D eigenvalue weighted by molar-refractivity contribution is 0.173. The second-order valence-electron chi connectivity index (χ2n) is 3.88. The molecular formula is C12H13BrFN3O. The Kier molecular flexibility index (Phi) is 4.08. The minimum atomic E-state index is -0.815. The Bertz CT molecular complexity index is 544. The molecule has 0 bridgehead atoms. The molecule has 0 radical (unpaired) electrons. The zero-order valence-electron chi connectivity index (χ0n) is 9.85. The monoisotopic (exact) mass is 313 g/mol. The molecule has 0 amide bonds. The molecule has 1 N–H and O–H groups in total. The molecule has 0 aliphatic carbocycles. The summed E-state index contributed by atoms with van der Waals surface area (Å²) < 4.78 is 15.6. The predicted molar refractivity (Wildman–Crippen MR) is 68.5 cm³/mol. The minimum absolute atomic E-state index is 0.301. The Balaban J connectivity index is 2.21. The Labute approximate surface area is 113 Å². The second kappa shape index (κ2) is 5.58. The maximum atomic E-state index is 13.2. The van der Waals surface area contributed by atoms with Gasteiger partial charge in [0.05, 0.1) is 6.10 Å². The number of hydrogen-bond donors (Lipinski definition) is 1. The highest BCUT2D eigenvalue weighted by Gasteiger charge is 2.16. The van der Waals surface area contributed by atoms with E-state index >= 15 is 0 Å². The zero-order valence-corrected chi connectivity index (χ0v) is 11.4.